The summed E-state index contributed by atoms with van der Waals surface area (Å²) in [6.07, 6.45) is 6.73. The van der Waals surface area contributed by atoms with E-state index in [1.165, 1.54) is 0 Å². The summed E-state index contributed by atoms with van der Waals surface area (Å²) in [5, 5.41) is 3.80. The molecule has 0 aromatic carbocycles. The van der Waals surface area contributed by atoms with Crippen molar-refractivity contribution in [3.05, 3.63) is 18.0 Å². The van der Waals surface area contributed by atoms with Crippen molar-refractivity contribution >= 4 is 21.8 Å². The van der Waals surface area contributed by atoms with Gasteiger partial charge in [-0.3, -0.25) is 0 Å². The molecule has 1 aromatic heterocycles. The fourth-order valence-corrected chi connectivity index (χ4v) is 4.88. The molecule has 7 heteroatoms. The van der Waals surface area contributed by atoms with E-state index in [0.29, 0.717) is 16.7 Å². The van der Waals surface area contributed by atoms with Crippen LogP contribution >= 0.6 is 11.8 Å². The summed E-state index contributed by atoms with van der Waals surface area (Å²) in [6, 6.07) is 1.83. The molecule has 1 aliphatic rings. The number of sulfonamides is 1. The standard InChI is InChI=1S/C14H25N3O2S2/c1-4-15-9-12-8-14(10-17(12)2)21(18,19)16-11-5-6-13(7-11)20-3/h8,10-11,13,15-16H,4-7,9H2,1-3H3. The van der Waals surface area contributed by atoms with Crippen molar-refractivity contribution in [1.29, 1.82) is 0 Å². The third-order valence-corrected chi connectivity index (χ3v) is 6.57. The molecule has 1 saturated carbocycles. The Labute approximate surface area is 131 Å². The first kappa shape index (κ1) is 16.9. The van der Waals surface area contributed by atoms with E-state index in [0.717, 1.165) is 31.5 Å². The zero-order valence-corrected chi connectivity index (χ0v) is 14.6. The molecule has 120 valence electrons. The van der Waals surface area contributed by atoms with Crippen LogP contribution in [0.1, 0.15) is 31.9 Å². The third-order valence-electron chi connectivity index (χ3n) is 3.99. The van der Waals surface area contributed by atoms with Gasteiger partial charge in [0, 0.05) is 36.8 Å². The van der Waals surface area contributed by atoms with Gasteiger partial charge in [0.05, 0.1) is 4.90 Å². The van der Waals surface area contributed by atoms with E-state index in [1.807, 2.05) is 30.3 Å². The molecule has 2 unspecified atom stereocenters. The second-order valence-corrected chi connectivity index (χ2v) is 8.40. The maximum absolute atomic E-state index is 12.5. The highest BCUT2D eigenvalue weighted by molar-refractivity contribution is 7.99. The van der Waals surface area contributed by atoms with Crippen LogP contribution in [0.15, 0.2) is 17.2 Å². The minimum Gasteiger partial charge on any atom is -0.352 e. The minimum absolute atomic E-state index is 0.0740. The zero-order valence-electron chi connectivity index (χ0n) is 12.9. The van der Waals surface area contributed by atoms with Crippen LogP contribution < -0.4 is 10.0 Å². The zero-order chi connectivity index (χ0) is 15.5. The molecule has 0 saturated heterocycles. The van der Waals surface area contributed by atoms with E-state index < -0.39 is 10.0 Å². The molecule has 0 aliphatic heterocycles. The SMILES string of the molecule is CCNCc1cc(S(=O)(=O)NC2CCC(SC)C2)cn1C. The molecule has 21 heavy (non-hydrogen) atoms. The molecule has 2 N–H and O–H groups in total. The Morgan fingerprint density at radius 2 is 2.19 bits per heavy atom. The van der Waals surface area contributed by atoms with Gasteiger partial charge in [-0.15, -0.1) is 0 Å². The van der Waals surface area contributed by atoms with E-state index in [4.69, 9.17) is 0 Å². The van der Waals surface area contributed by atoms with Crippen LogP contribution in [0.2, 0.25) is 0 Å². The van der Waals surface area contributed by atoms with Gasteiger partial charge in [-0.25, -0.2) is 13.1 Å². The van der Waals surface area contributed by atoms with E-state index in [9.17, 15) is 8.42 Å². The van der Waals surface area contributed by atoms with Crippen molar-refractivity contribution in [2.75, 3.05) is 12.8 Å². The molecule has 0 spiro atoms. The first-order valence-electron chi connectivity index (χ1n) is 7.37. The lowest BCUT2D eigenvalue weighted by Crippen LogP contribution is -2.33. The monoisotopic (exact) mass is 331 g/mol. The lowest BCUT2D eigenvalue weighted by Gasteiger charge is -2.12. The van der Waals surface area contributed by atoms with Gasteiger partial charge < -0.3 is 9.88 Å². The van der Waals surface area contributed by atoms with Gasteiger partial charge >= 0.3 is 0 Å². The average molecular weight is 332 g/mol. The molecule has 0 radical (unpaired) electrons. The number of thioether (sulfide) groups is 1. The Balaban J connectivity index is 2.05. The molecular formula is C14H25N3O2S2. The van der Waals surface area contributed by atoms with Crippen LogP contribution in [0.25, 0.3) is 0 Å². The highest BCUT2D eigenvalue weighted by Gasteiger charge is 2.28. The van der Waals surface area contributed by atoms with Crippen LogP contribution in [0, 0.1) is 0 Å². The molecule has 1 fully saturated rings. The molecule has 2 atom stereocenters. The quantitative estimate of drug-likeness (QED) is 0.798. The van der Waals surface area contributed by atoms with Crippen LogP contribution in [0.5, 0.6) is 0 Å². The summed E-state index contributed by atoms with van der Waals surface area (Å²) >= 11 is 1.83. The number of nitrogens with zero attached hydrogens (tertiary/aromatic N) is 1. The van der Waals surface area contributed by atoms with Crippen molar-refractivity contribution in [2.45, 2.75) is 48.9 Å². The Morgan fingerprint density at radius 1 is 1.43 bits per heavy atom. The fraction of sp³-hybridized carbons (Fsp3) is 0.714. The van der Waals surface area contributed by atoms with E-state index in [1.54, 1.807) is 12.3 Å². The summed E-state index contributed by atoms with van der Waals surface area (Å²) in [5.41, 5.74) is 0.977. The maximum Gasteiger partial charge on any atom is 0.242 e. The van der Waals surface area contributed by atoms with Crippen molar-refractivity contribution in [1.82, 2.24) is 14.6 Å². The van der Waals surface area contributed by atoms with E-state index in [-0.39, 0.29) is 6.04 Å². The van der Waals surface area contributed by atoms with Crippen molar-refractivity contribution < 1.29 is 8.42 Å². The Morgan fingerprint density at radius 3 is 2.81 bits per heavy atom. The number of aryl methyl sites for hydroxylation is 1. The fourth-order valence-electron chi connectivity index (χ4n) is 2.70. The van der Waals surface area contributed by atoms with Crippen LogP contribution in [0.3, 0.4) is 0 Å². The average Bonchev–Trinajstić information content (AvgIpc) is 3.03. The third kappa shape index (κ3) is 4.25. The van der Waals surface area contributed by atoms with Gasteiger partial charge in [0.1, 0.15) is 0 Å². The van der Waals surface area contributed by atoms with Gasteiger partial charge in [0.25, 0.3) is 0 Å². The normalized spacial score (nSPS) is 22.8. The number of nitrogens with one attached hydrogen (secondary N) is 2. The summed E-state index contributed by atoms with van der Waals surface area (Å²) < 4.78 is 29.7. The smallest absolute Gasteiger partial charge is 0.242 e. The molecule has 0 bridgehead atoms. The highest BCUT2D eigenvalue weighted by Crippen LogP contribution is 2.29. The summed E-state index contributed by atoms with van der Waals surface area (Å²) in [4.78, 5) is 0.366. The van der Waals surface area contributed by atoms with Crippen molar-refractivity contribution in [3.63, 3.8) is 0 Å². The summed E-state index contributed by atoms with van der Waals surface area (Å²) in [6.45, 7) is 3.58. The number of hydrogen-bond donors (Lipinski definition) is 2. The molecule has 1 aromatic rings. The van der Waals surface area contributed by atoms with E-state index >= 15 is 0 Å². The molecule has 5 nitrogen and oxygen atoms in total. The lowest BCUT2D eigenvalue weighted by atomic mass is 10.3. The molecule has 1 heterocycles. The minimum atomic E-state index is -3.41. The number of aromatic nitrogens is 1. The molecule has 2 rings (SSSR count). The topological polar surface area (TPSA) is 63.1 Å². The Hall–Kier alpha value is -0.500. The second kappa shape index (κ2) is 7.17. The van der Waals surface area contributed by atoms with Gasteiger partial charge in [-0.2, -0.15) is 11.8 Å². The van der Waals surface area contributed by atoms with Gasteiger partial charge in [-0.05, 0) is 38.1 Å². The van der Waals surface area contributed by atoms with Gasteiger partial charge in [0.2, 0.25) is 10.0 Å². The van der Waals surface area contributed by atoms with Crippen LogP contribution in [-0.2, 0) is 23.6 Å². The lowest BCUT2D eigenvalue weighted by molar-refractivity contribution is 0.552. The first-order valence-corrected chi connectivity index (χ1v) is 10.1. The molecular weight excluding hydrogens is 306 g/mol. The summed E-state index contributed by atoms with van der Waals surface area (Å²) in [7, 11) is -1.53. The van der Waals surface area contributed by atoms with Crippen LogP contribution in [-0.4, -0.2) is 37.1 Å². The second-order valence-electron chi connectivity index (χ2n) is 5.55. The highest BCUT2D eigenvalue weighted by atomic mass is 32.2. The molecule has 1 aliphatic carbocycles. The predicted octanol–water partition coefficient (Wildman–Crippen LogP) is 1.70. The maximum atomic E-state index is 12.5. The van der Waals surface area contributed by atoms with Gasteiger partial charge in [-0.1, -0.05) is 6.92 Å². The molecule has 0 amide bonds. The predicted molar refractivity (Wildman–Crippen MR) is 88.1 cm³/mol. The Kier molecular flexibility index (Phi) is 5.76. The van der Waals surface area contributed by atoms with Crippen molar-refractivity contribution in [2.24, 2.45) is 7.05 Å². The largest absolute Gasteiger partial charge is 0.352 e. The van der Waals surface area contributed by atoms with Gasteiger partial charge in [0.15, 0.2) is 0 Å². The number of rotatable bonds is 7. The first-order chi connectivity index (χ1) is 9.96. The number of hydrogen-bond acceptors (Lipinski definition) is 4. The van der Waals surface area contributed by atoms with E-state index in [2.05, 4.69) is 16.3 Å². The summed E-state index contributed by atoms with van der Waals surface area (Å²) in [5.74, 6) is 0. The van der Waals surface area contributed by atoms with Crippen LogP contribution in [0.4, 0.5) is 0 Å². The Bertz CT molecular complexity index is 569. The van der Waals surface area contributed by atoms with Crippen molar-refractivity contribution in [3.8, 4) is 0 Å².